The van der Waals surface area contributed by atoms with E-state index in [0.29, 0.717) is 12.4 Å². The lowest BCUT2D eigenvalue weighted by atomic mass is 10.2. The van der Waals surface area contributed by atoms with Gasteiger partial charge in [-0.25, -0.2) is 9.67 Å². The van der Waals surface area contributed by atoms with Crippen molar-refractivity contribution in [2.75, 3.05) is 0 Å². The Morgan fingerprint density at radius 2 is 1.56 bits per heavy atom. The van der Waals surface area contributed by atoms with Crippen molar-refractivity contribution in [2.24, 2.45) is 0 Å². The van der Waals surface area contributed by atoms with E-state index in [0.717, 1.165) is 21.4 Å². The summed E-state index contributed by atoms with van der Waals surface area (Å²) in [7, 11) is 0. The van der Waals surface area contributed by atoms with Crippen molar-refractivity contribution >= 4 is 15.9 Å². The zero-order chi connectivity index (χ0) is 17.1. The van der Waals surface area contributed by atoms with E-state index in [1.54, 1.807) is 6.20 Å². The minimum atomic E-state index is 0.655. The standard InChI is InChI=1S/C20H15BrN4/c21-18-11-17(12-22-13-18)20-23-19(16-9-5-2-6-10-16)24-25(20)14-15-7-3-1-4-8-15/h1-13H,14H2. The summed E-state index contributed by atoms with van der Waals surface area (Å²) in [4.78, 5) is 9.04. The average molecular weight is 391 g/mol. The molecule has 0 saturated heterocycles. The van der Waals surface area contributed by atoms with E-state index >= 15 is 0 Å². The van der Waals surface area contributed by atoms with Crippen LogP contribution in [0.3, 0.4) is 0 Å². The molecular formula is C20H15BrN4. The fourth-order valence-electron chi connectivity index (χ4n) is 2.67. The van der Waals surface area contributed by atoms with Gasteiger partial charge in [-0.15, -0.1) is 0 Å². The Morgan fingerprint density at radius 1 is 0.840 bits per heavy atom. The van der Waals surface area contributed by atoms with Gasteiger partial charge < -0.3 is 0 Å². The van der Waals surface area contributed by atoms with Crippen molar-refractivity contribution in [1.82, 2.24) is 19.7 Å². The molecule has 2 aromatic carbocycles. The molecule has 0 unspecified atom stereocenters. The van der Waals surface area contributed by atoms with E-state index in [4.69, 9.17) is 10.1 Å². The Hall–Kier alpha value is -2.79. The maximum atomic E-state index is 4.78. The highest BCUT2D eigenvalue weighted by molar-refractivity contribution is 9.10. The maximum absolute atomic E-state index is 4.78. The normalized spacial score (nSPS) is 10.8. The zero-order valence-electron chi connectivity index (χ0n) is 13.4. The molecule has 0 aliphatic heterocycles. The SMILES string of the molecule is Brc1cncc(-c2nc(-c3ccccc3)nn2Cc2ccccc2)c1. The first-order valence-electron chi connectivity index (χ1n) is 7.95. The van der Waals surface area contributed by atoms with E-state index < -0.39 is 0 Å². The smallest absolute Gasteiger partial charge is 0.181 e. The fraction of sp³-hybridized carbons (Fsp3) is 0.0500. The van der Waals surface area contributed by atoms with Gasteiger partial charge in [-0.2, -0.15) is 5.10 Å². The van der Waals surface area contributed by atoms with Crippen molar-refractivity contribution in [2.45, 2.75) is 6.54 Å². The summed E-state index contributed by atoms with van der Waals surface area (Å²) in [5.41, 5.74) is 3.11. The van der Waals surface area contributed by atoms with Gasteiger partial charge in [-0.05, 0) is 27.6 Å². The lowest BCUT2D eigenvalue weighted by molar-refractivity contribution is 0.695. The molecular weight excluding hydrogens is 376 g/mol. The van der Waals surface area contributed by atoms with Gasteiger partial charge in [0.05, 0.1) is 6.54 Å². The number of hydrogen-bond donors (Lipinski definition) is 0. The number of pyridine rings is 1. The van der Waals surface area contributed by atoms with Crippen LogP contribution < -0.4 is 0 Å². The van der Waals surface area contributed by atoms with Gasteiger partial charge in [0.15, 0.2) is 11.6 Å². The molecule has 0 radical (unpaired) electrons. The summed E-state index contributed by atoms with van der Waals surface area (Å²) < 4.78 is 2.85. The molecule has 4 nitrogen and oxygen atoms in total. The lowest BCUT2D eigenvalue weighted by Gasteiger charge is -2.06. The molecule has 4 aromatic rings. The topological polar surface area (TPSA) is 43.6 Å². The highest BCUT2D eigenvalue weighted by atomic mass is 79.9. The molecule has 0 spiro atoms. The quantitative estimate of drug-likeness (QED) is 0.501. The van der Waals surface area contributed by atoms with Gasteiger partial charge in [-0.1, -0.05) is 60.7 Å². The minimum Gasteiger partial charge on any atom is -0.263 e. The molecule has 0 bridgehead atoms. The van der Waals surface area contributed by atoms with E-state index in [1.807, 2.05) is 65.5 Å². The number of halogens is 1. The number of nitrogens with zero attached hydrogens (tertiary/aromatic N) is 4. The number of aromatic nitrogens is 4. The second-order valence-electron chi connectivity index (χ2n) is 5.66. The van der Waals surface area contributed by atoms with Crippen molar-refractivity contribution in [3.8, 4) is 22.8 Å². The Bertz CT molecular complexity index is 981. The first-order valence-corrected chi connectivity index (χ1v) is 8.74. The molecule has 2 heterocycles. The number of rotatable bonds is 4. The Labute approximate surface area is 154 Å². The first-order chi connectivity index (χ1) is 12.3. The molecule has 0 fully saturated rings. The summed E-state index contributed by atoms with van der Waals surface area (Å²) in [5, 5.41) is 4.74. The summed E-state index contributed by atoms with van der Waals surface area (Å²) in [5.74, 6) is 1.52. The van der Waals surface area contributed by atoms with Crippen LogP contribution in [0.4, 0.5) is 0 Å². The third-order valence-electron chi connectivity index (χ3n) is 3.84. The molecule has 0 N–H and O–H groups in total. The van der Waals surface area contributed by atoms with Gasteiger partial charge in [-0.3, -0.25) is 4.98 Å². The second-order valence-corrected chi connectivity index (χ2v) is 6.58. The van der Waals surface area contributed by atoms with Crippen molar-refractivity contribution in [3.05, 3.63) is 89.2 Å². The summed E-state index contributed by atoms with van der Waals surface area (Å²) in [6, 6.07) is 22.3. The molecule has 0 aliphatic carbocycles. The Kier molecular flexibility index (Phi) is 4.39. The van der Waals surface area contributed by atoms with Gasteiger partial charge in [0, 0.05) is 28.0 Å². The first kappa shape index (κ1) is 15.7. The lowest BCUT2D eigenvalue weighted by Crippen LogP contribution is -2.04. The number of hydrogen-bond acceptors (Lipinski definition) is 3. The Balaban J connectivity index is 1.81. The summed E-state index contributed by atoms with van der Waals surface area (Å²) >= 11 is 3.48. The monoisotopic (exact) mass is 390 g/mol. The summed E-state index contributed by atoms with van der Waals surface area (Å²) in [6.07, 6.45) is 3.57. The van der Waals surface area contributed by atoms with Crippen LogP contribution in [0, 0.1) is 0 Å². The van der Waals surface area contributed by atoms with Crippen LogP contribution in [0.2, 0.25) is 0 Å². The average Bonchev–Trinajstić information content (AvgIpc) is 3.07. The van der Waals surface area contributed by atoms with E-state index in [2.05, 4.69) is 33.0 Å². The largest absolute Gasteiger partial charge is 0.263 e. The zero-order valence-corrected chi connectivity index (χ0v) is 15.0. The molecule has 0 amide bonds. The maximum Gasteiger partial charge on any atom is 0.181 e. The van der Waals surface area contributed by atoms with Gasteiger partial charge in [0.2, 0.25) is 0 Å². The number of benzene rings is 2. The highest BCUT2D eigenvalue weighted by Gasteiger charge is 2.14. The van der Waals surface area contributed by atoms with E-state index in [-0.39, 0.29) is 0 Å². The van der Waals surface area contributed by atoms with Crippen LogP contribution in [-0.2, 0) is 6.54 Å². The van der Waals surface area contributed by atoms with E-state index in [1.165, 1.54) is 5.56 Å². The molecule has 2 aromatic heterocycles. The van der Waals surface area contributed by atoms with Crippen LogP contribution in [0.1, 0.15) is 5.56 Å². The van der Waals surface area contributed by atoms with Crippen LogP contribution in [0.5, 0.6) is 0 Å². The van der Waals surface area contributed by atoms with Crippen LogP contribution in [0.25, 0.3) is 22.8 Å². The van der Waals surface area contributed by atoms with Gasteiger partial charge in [0.1, 0.15) is 0 Å². The second kappa shape index (κ2) is 6.99. The molecule has 0 saturated carbocycles. The molecule has 25 heavy (non-hydrogen) atoms. The molecule has 0 atom stereocenters. The third-order valence-corrected chi connectivity index (χ3v) is 4.28. The van der Waals surface area contributed by atoms with Crippen LogP contribution in [-0.4, -0.2) is 19.7 Å². The molecule has 0 aliphatic rings. The van der Waals surface area contributed by atoms with Gasteiger partial charge >= 0.3 is 0 Å². The van der Waals surface area contributed by atoms with Crippen LogP contribution in [0.15, 0.2) is 83.6 Å². The molecule has 4 rings (SSSR count). The van der Waals surface area contributed by atoms with Crippen molar-refractivity contribution < 1.29 is 0 Å². The van der Waals surface area contributed by atoms with Crippen molar-refractivity contribution in [3.63, 3.8) is 0 Å². The van der Waals surface area contributed by atoms with Crippen LogP contribution >= 0.6 is 15.9 Å². The molecule has 122 valence electrons. The highest BCUT2D eigenvalue weighted by Crippen LogP contribution is 2.24. The summed E-state index contributed by atoms with van der Waals surface area (Å²) in [6.45, 7) is 0.655. The Morgan fingerprint density at radius 3 is 2.28 bits per heavy atom. The van der Waals surface area contributed by atoms with Gasteiger partial charge in [0.25, 0.3) is 0 Å². The van der Waals surface area contributed by atoms with Crippen molar-refractivity contribution in [1.29, 1.82) is 0 Å². The third kappa shape index (κ3) is 3.51. The fourth-order valence-corrected chi connectivity index (χ4v) is 3.03. The predicted octanol–water partition coefficient (Wildman–Crippen LogP) is 4.82. The molecule has 5 heteroatoms. The predicted molar refractivity (Wildman–Crippen MR) is 102 cm³/mol. The minimum absolute atomic E-state index is 0.655. The van der Waals surface area contributed by atoms with E-state index in [9.17, 15) is 0 Å².